The Morgan fingerprint density at radius 2 is 1.80 bits per heavy atom. The third-order valence-corrected chi connectivity index (χ3v) is 4.43. The quantitative estimate of drug-likeness (QED) is 0.548. The molecule has 0 unspecified atom stereocenters. The van der Waals surface area contributed by atoms with Gasteiger partial charge in [0.15, 0.2) is 11.5 Å². The van der Waals surface area contributed by atoms with Gasteiger partial charge in [0, 0.05) is 5.56 Å². The number of halogens is 1. The summed E-state index contributed by atoms with van der Waals surface area (Å²) in [5.41, 5.74) is 3.31. The fourth-order valence-corrected chi connectivity index (χ4v) is 3.17. The topological polar surface area (TPSA) is 44.8 Å². The molecule has 0 atom stereocenters. The van der Waals surface area contributed by atoms with E-state index in [-0.39, 0.29) is 5.97 Å². The molecule has 0 fully saturated rings. The molecule has 0 radical (unpaired) electrons. The lowest BCUT2D eigenvalue weighted by molar-refractivity contribution is -0.130. The summed E-state index contributed by atoms with van der Waals surface area (Å²) in [6.07, 6.45) is 3.51. The molecule has 1 aliphatic rings. The van der Waals surface area contributed by atoms with Crippen LogP contribution in [0.1, 0.15) is 16.7 Å². The zero-order chi connectivity index (χ0) is 18.0. The minimum Gasteiger partial charge on any atom is -0.493 e. The van der Waals surface area contributed by atoms with Crippen molar-refractivity contribution in [2.75, 3.05) is 14.2 Å². The van der Waals surface area contributed by atoms with E-state index in [1.54, 1.807) is 26.4 Å². The Kier molecular flexibility index (Phi) is 4.95. The Balaban J connectivity index is 1.97. The van der Waals surface area contributed by atoms with Gasteiger partial charge >= 0.3 is 5.97 Å². The zero-order valence-corrected chi connectivity index (χ0v) is 15.7. The van der Waals surface area contributed by atoms with E-state index < -0.39 is 0 Å². The van der Waals surface area contributed by atoms with Crippen LogP contribution in [0.2, 0.25) is 0 Å². The van der Waals surface area contributed by atoms with E-state index in [1.807, 2.05) is 43.3 Å². The Bertz CT molecular complexity index is 879. The highest BCUT2D eigenvalue weighted by molar-refractivity contribution is 9.10. The summed E-state index contributed by atoms with van der Waals surface area (Å²) in [5, 5.41) is 0. The van der Waals surface area contributed by atoms with Crippen LogP contribution in [0.15, 0.2) is 52.5 Å². The molecule has 0 aromatic heterocycles. The Labute approximate surface area is 154 Å². The molecule has 2 aromatic rings. The number of aryl methyl sites for hydroxylation is 1. The van der Waals surface area contributed by atoms with Crippen LogP contribution < -0.4 is 9.47 Å². The van der Waals surface area contributed by atoms with Gasteiger partial charge in [-0.1, -0.05) is 29.8 Å². The summed E-state index contributed by atoms with van der Waals surface area (Å²) in [5.74, 6) is 1.37. The number of hydrogen-bond acceptors (Lipinski definition) is 4. The van der Waals surface area contributed by atoms with Gasteiger partial charge in [-0.25, -0.2) is 4.79 Å². The van der Waals surface area contributed by atoms with Gasteiger partial charge in [-0.05, 0) is 52.7 Å². The second-order valence-corrected chi connectivity index (χ2v) is 6.46. The number of esters is 1. The zero-order valence-electron chi connectivity index (χ0n) is 14.1. The largest absolute Gasteiger partial charge is 0.493 e. The third-order valence-electron chi connectivity index (χ3n) is 3.84. The number of carbonyl (C=O) groups excluding carboxylic acids is 1. The summed E-state index contributed by atoms with van der Waals surface area (Å²) >= 11 is 3.45. The monoisotopic (exact) mass is 400 g/mol. The van der Waals surface area contributed by atoms with Crippen molar-refractivity contribution < 1.29 is 19.0 Å². The fraction of sp³-hybridized carbons (Fsp3) is 0.150. The van der Waals surface area contributed by atoms with Crippen molar-refractivity contribution >= 4 is 33.7 Å². The van der Waals surface area contributed by atoms with Crippen LogP contribution >= 0.6 is 15.9 Å². The first kappa shape index (κ1) is 17.3. The van der Waals surface area contributed by atoms with E-state index >= 15 is 0 Å². The van der Waals surface area contributed by atoms with Gasteiger partial charge in [0.2, 0.25) is 0 Å². The molecule has 25 heavy (non-hydrogen) atoms. The maximum absolute atomic E-state index is 12.2. The Morgan fingerprint density at radius 3 is 2.44 bits per heavy atom. The van der Waals surface area contributed by atoms with Crippen LogP contribution in [0.4, 0.5) is 0 Å². The lowest BCUT2D eigenvalue weighted by atomic mass is 10.1. The first-order chi connectivity index (χ1) is 12.0. The average molecular weight is 401 g/mol. The Hall–Kier alpha value is -2.53. The van der Waals surface area contributed by atoms with Crippen molar-refractivity contribution in [3.05, 3.63) is 69.2 Å². The summed E-state index contributed by atoms with van der Waals surface area (Å²) in [4.78, 5) is 12.2. The lowest BCUT2D eigenvalue weighted by Crippen LogP contribution is -1.97. The molecule has 2 aromatic carbocycles. The fourth-order valence-electron chi connectivity index (χ4n) is 2.55. The molecular formula is C20H17BrO4. The van der Waals surface area contributed by atoms with Crippen molar-refractivity contribution in [1.82, 2.24) is 0 Å². The van der Waals surface area contributed by atoms with E-state index in [0.29, 0.717) is 22.8 Å². The Morgan fingerprint density at radius 1 is 1.08 bits per heavy atom. The highest BCUT2D eigenvalue weighted by Gasteiger charge is 2.22. The van der Waals surface area contributed by atoms with Crippen LogP contribution in [0.3, 0.4) is 0 Å². The summed E-state index contributed by atoms with van der Waals surface area (Å²) < 4.78 is 16.8. The molecule has 0 saturated carbocycles. The molecule has 0 spiro atoms. The normalized spacial score (nSPS) is 15.1. The van der Waals surface area contributed by atoms with E-state index in [9.17, 15) is 4.79 Å². The van der Waals surface area contributed by atoms with E-state index in [4.69, 9.17) is 14.2 Å². The molecule has 1 aliphatic heterocycles. The van der Waals surface area contributed by atoms with Gasteiger partial charge in [0.25, 0.3) is 0 Å². The van der Waals surface area contributed by atoms with Crippen molar-refractivity contribution in [3.8, 4) is 11.5 Å². The third kappa shape index (κ3) is 3.61. The van der Waals surface area contributed by atoms with Gasteiger partial charge in [0.1, 0.15) is 5.76 Å². The SMILES string of the molecule is COc1cc(/C=C2\C=C(c3ccc(C)cc3)OC2=O)cc(Br)c1OC. The highest BCUT2D eigenvalue weighted by atomic mass is 79.9. The molecule has 3 rings (SSSR count). The molecule has 128 valence electrons. The predicted molar refractivity (Wildman–Crippen MR) is 100 cm³/mol. The van der Waals surface area contributed by atoms with Crippen LogP contribution in [-0.2, 0) is 9.53 Å². The first-order valence-electron chi connectivity index (χ1n) is 7.66. The van der Waals surface area contributed by atoms with Crippen molar-refractivity contribution in [3.63, 3.8) is 0 Å². The maximum Gasteiger partial charge on any atom is 0.343 e. The number of methoxy groups -OCH3 is 2. The standard InChI is InChI=1S/C20H17BrO4/c1-12-4-6-14(7-5-12)17-11-15(20(22)25-17)8-13-9-16(21)19(24-3)18(10-13)23-2/h4-11H,1-3H3/b15-8+. The maximum atomic E-state index is 12.2. The van der Waals surface area contributed by atoms with Crippen molar-refractivity contribution in [1.29, 1.82) is 0 Å². The molecule has 4 nitrogen and oxygen atoms in total. The van der Waals surface area contributed by atoms with E-state index in [2.05, 4.69) is 15.9 Å². The molecule has 5 heteroatoms. The molecule has 0 bridgehead atoms. The van der Waals surface area contributed by atoms with Crippen molar-refractivity contribution in [2.45, 2.75) is 6.92 Å². The average Bonchev–Trinajstić information content (AvgIpc) is 2.95. The predicted octanol–water partition coefficient (Wildman–Crippen LogP) is 4.76. The van der Waals surface area contributed by atoms with Crippen LogP contribution in [0, 0.1) is 6.92 Å². The van der Waals surface area contributed by atoms with Gasteiger partial charge in [-0.3, -0.25) is 0 Å². The van der Waals surface area contributed by atoms with Gasteiger partial charge in [-0.15, -0.1) is 0 Å². The molecular weight excluding hydrogens is 384 g/mol. The second kappa shape index (κ2) is 7.15. The van der Waals surface area contributed by atoms with Crippen molar-refractivity contribution in [2.24, 2.45) is 0 Å². The number of benzene rings is 2. The molecule has 0 saturated heterocycles. The lowest BCUT2D eigenvalue weighted by Gasteiger charge is -2.10. The molecule has 0 aliphatic carbocycles. The number of cyclic esters (lactones) is 1. The number of rotatable bonds is 4. The number of carbonyl (C=O) groups is 1. The van der Waals surface area contributed by atoms with Crippen LogP contribution in [0.25, 0.3) is 11.8 Å². The van der Waals surface area contributed by atoms with Crippen LogP contribution in [-0.4, -0.2) is 20.2 Å². The first-order valence-corrected chi connectivity index (χ1v) is 8.45. The van der Waals surface area contributed by atoms with Gasteiger partial charge in [-0.2, -0.15) is 0 Å². The van der Waals surface area contributed by atoms with E-state index in [0.717, 1.165) is 21.2 Å². The van der Waals surface area contributed by atoms with Gasteiger partial charge in [0.05, 0.1) is 24.3 Å². The second-order valence-electron chi connectivity index (χ2n) is 5.60. The minimum absolute atomic E-state index is 0.374. The highest BCUT2D eigenvalue weighted by Crippen LogP contribution is 2.37. The number of hydrogen-bond donors (Lipinski definition) is 0. The summed E-state index contributed by atoms with van der Waals surface area (Å²) in [6, 6.07) is 11.5. The van der Waals surface area contributed by atoms with E-state index in [1.165, 1.54) is 0 Å². The summed E-state index contributed by atoms with van der Waals surface area (Å²) in [6.45, 7) is 2.01. The van der Waals surface area contributed by atoms with Gasteiger partial charge < -0.3 is 14.2 Å². The molecule has 0 N–H and O–H groups in total. The smallest absolute Gasteiger partial charge is 0.343 e. The number of ether oxygens (including phenoxy) is 3. The minimum atomic E-state index is -0.374. The van der Waals surface area contributed by atoms with Crippen LogP contribution in [0.5, 0.6) is 11.5 Å². The molecule has 0 amide bonds. The summed E-state index contributed by atoms with van der Waals surface area (Å²) in [7, 11) is 3.14. The molecule has 1 heterocycles.